The maximum atomic E-state index is 12.7. The lowest BCUT2D eigenvalue weighted by Crippen LogP contribution is -2.44. The number of fused-ring (bicyclic) bond motifs is 1. The van der Waals surface area contributed by atoms with E-state index < -0.39 is 96.9 Å². The number of hydrogen-bond donors (Lipinski definition) is 11. The van der Waals surface area contributed by atoms with Crippen molar-refractivity contribution < 1.29 is 80.7 Å². The first-order valence-corrected chi connectivity index (χ1v) is 20.7. The number of anilines is 1. The van der Waals surface area contributed by atoms with E-state index in [1.54, 1.807) is 18.9 Å². The maximum Gasteiger partial charge on any atom is 0.490 e. The van der Waals surface area contributed by atoms with Crippen LogP contribution in [0.1, 0.15) is 26.5 Å². The van der Waals surface area contributed by atoms with Crippen LogP contribution in [0, 0.1) is 0 Å². The number of imidazole rings is 1. The summed E-state index contributed by atoms with van der Waals surface area (Å²) in [5.41, 5.74) is 14.6. The Kier molecular flexibility index (Phi) is 12.8. The van der Waals surface area contributed by atoms with E-state index in [0.717, 1.165) is 10.9 Å². The number of phosphoric ester groups is 2. The Morgan fingerprint density at radius 2 is 1.61 bits per heavy atom. The summed E-state index contributed by atoms with van der Waals surface area (Å²) in [5, 5.41) is 43.2. The van der Waals surface area contributed by atoms with Crippen molar-refractivity contribution >= 4 is 46.5 Å². The quantitative estimate of drug-likeness (QED) is 0.0445. The SMILES string of the molecule is CCC(C)(O)C1=C(N=C(N)N)N([C@@H]2O[C@H](COP(=O)(O)OP(=O)(O)OP(=O)(O)OCC3OC(n4cnc5c(=O)[nH]c(N)nc54)C(O)C3O)C(OC)C2O)CN1C. The van der Waals surface area contributed by atoms with Gasteiger partial charge in [0.15, 0.2) is 35.4 Å². The van der Waals surface area contributed by atoms with Gasteiger partial charge in [0, 0.05) is 14.2 Å². The smallest absolute Gasteiger partial charge is 0.387 e. The van der Waals surface area contributed by atoms with Crippen LogP contribution >= 0.6 is 23.5 Å². The standard InChI is InChI=1S/C25H43N10O18P3/c1-5-25(2,40)17-19(30-23(26)27)35(9-33(17)3)22-15(38)16(47-4)11(51-22)7-49-55(43,44)53-56(45,46)52-54(41,42)48-6-10-13(36)14(37)21(50-10)34-8-29-12-18(34)31-24(28)32-20(12)39/h8,10-11,13-16,21-22,36-38,40H,5-7,9H2,1-4H3,(H,41,42)(H,43,44)(H,45,46)(H4,26,27,30)(H3,28,31,32,39)/t10?,11-,13?,14?,15?,16?,21?,22-,25?/m1/s1. The lowest BCUT2D eigenvalue weighted by molar-refractivity contribution is -0.0870. The normalized spacial score (nSPS) is 31.3. The number of aromatic nitrogens is 4. The molecule has 28 nitrogen and oxygen atoms in total. The number of nitrogens with one attached hydrogen (secondary N) is 1. The zero-order chi connectivity index (χ0) is 41.7. The van der Waals surface area contributed by atoms with Gasteiger partial charge in [-0.1, -0.05) is 6.92 Å². The number of nitrogens with two attached hydrogens (primary N) is 3. The first kappa shape index (κ1) is 44.0. The van der Waals surface area contributed by atoms with E-state index in [0.29, 0.717) is 0 Å². The summed E-state index contributed by atoms with van der Waals surface area (Å²) in [6, 6.07) is 0. The molecule has 2 fully saturated rings. The minimum absolute atomic E-state index is 0.0106. The highest BCUT2D eigenvalue weighted by Crippen LogP contribution is 2.68. The fourth-order valence-corrected chi connectivity index (χ4v) is 9.74. The van der Waals surface area contributed by atoms with Crippen LogP contribution in [0.25, 0.3) is 11.2 Å². The van der Waals surface area contributed by atoms with E-state index in [4.69, 9.17) is 35.9 Å². The van der Waals surface area contributed by atoms with Gasteiger partial charge in [0.1, 0.15) is 42.2 Å². The van der Waals surface area contributed by atoms with Crippen molar-refractivity contribution in [1.29, 1.82) is 0 Å². The number of aliphatic hydroxyl groups excluding tert-OH is 3. The van der Waals surface area contributed by atoms with E-state index in [1.807, 2.05) is 0 Å². The molecule has 2 aromatic heterocycles. The molecule has 10 unspecified atom stereocenters. The number of guanidine groups is 1. The zero-order valence-corrected chi connectivity index (χ0v) is 32.6. The number of likely N-dealkylation sites (N-methyl/N-ethyl adjacent to an activating group) is 1. The van der Waals surface area contributed by atoms with Crippen molar-refractivity contribution in [3.05, 3.63) is 28.2 Å². The highest BCUT2D eigenvalue weighted by atomic mass is 31.3. The second-order valence-corrected chi connectivity index (χ2v) is 17.5. The molecule has 0 aliphatic carbocycles. The Bertz CT molecular complexity index is 2040. The Balaban J connectivity index is 1.19. The van der Waals surface area contributed by atoms with Crippen LogP contribution in [0.15, 0.2) is 27.6 Å². The third-order valence-corrected chi connectivity index (χ3v) is 13.1. The number of aromatic amines is 1. The highest BCUT2D eigenvalue weighted by Gasteiger charge is 2.52. The molecule has 0 spiro atoms. The van der Waals surface area contributed by atoms with Crippen LogP contribution in [0.3, 0.4) is 0 Å². The molecule has 316 valence electrons. The monoisotopic (exact) mass is 864 g/mol. The van der Waals surface area contributed by atoms with Crippen molar-refractivity contribution in [2.75, 3.05) is 39.8 Å². The van der Waals surface area contributed by atoms with Crippen molar-refractivity contribution in [3.8, 4) is 0 Å². The highest BCUT2D eigenvalue weighted by molar-refractivity contribution is 7.66. The molecule has 0 aromatic carbocycles. The van der Waals surface area contributed by atoms with Crippen molar-refractivity contribution in [2.45, 2.75) is 74.9 Å². The zero-order valence-electron chi connectivity index (χ0n) is 29.9. The van der Waals surface area contributed by atoms with Gasteiger partial charge in [-0.3, -0.25) is 23.4 Å². The lowest BCUT2D eigenvalue weighted by atomic mass is 9.98. The van der Waals surface area contributed by atoms with E-state index in [9.17, 15) is 53.6 Å². The van der Waals surface area contributed by atoms with Gasteiger partial charge < -0.3 is 76.3 Å². The number of nitrogens with zero attached hydrogens (tertiary/aromatic N) is 6. The Morgan fingerprint density at radius 3 is 2.18 bits per heavy atom. The van der Waals surface area contributed by atoms with Crippen molar-refractivity contribution in [1.82, 2.24) is 29.3 Å². The third-order valence-electron chi connectivity index (χ3n) is 8.83. The van der Waals surface area contributed by atoms with Crippen LogP contribution in [-0.4, -0.2) is 153 Å². The number of nitrogen functional groups attached to an aromatic ring is 1. The molecule has 5 rings (SSSR count). The molecule has 3 aliphatic heterocycles. The summed E-state index contributed by atoms with van der Waals surface area (Å²) in [7, 11) is -14.5. The molecule has 2 aromatic rings. The summed E-state index contributed by atoms with van der Waals surface area (Å²) < 4.78 is 73.3. The number of hydrogen-bond acceptors (Lipinski definition) is 21. The molecular weight excluding hydrogens is 821 g/mol. The number of methoxy groups -OCH3 is 1. The maximum absolute atomic E-state index is 12.7. The number of aliphatic hydroxyl groups is 4. The first-order chi connectivity index (χ1) is 25.9. The number of ether oxygens (including phenoxy) is 3. The number of rotatable bonds is 16. The topological polar surface area (TPSA) is 418 Å². The van der Waals surface area contributed by atoms with Gasteiger partial charge >= 0.3 is 23.5 Å². The second kappa shape index (κ2) is 16.3. The molecule has 12 atom stereocenters. The molecule has 56 heavy (non-hydrogen) atoms. The lowest BCUT2D eigenvalue weighted by Gasteiger charge is -2.29. The predicted molar refractivity (Wildman–Crippen MR) is 186 cm³/mol. The molecule has 0 radical (unpaired) electrons. The van der Waals surface area contributed by atoms with E-state index >= 15 is 0 Å². The van der Waals surface area contributed by atoms with Gasteiger partial charge in [-0.05, 0) is 13.3 Å². The van der Waals surface area contributed by atoms with Gasteiger partial charge in [-0.15, -0.1) is 0 Å². The van der Waals surface area contributed by atoms with Crippen LogP contribution in [-0.2, 0) is 45.6 Å². The molecule has 2 saturated heterocycles. The largest absolute Gasteiger partial charge is 0.490 e. The minimum atomic E-state index is -5.99. The van der Waals surface area contributed by atoms with Crippen LogP contribution in [0.5, 0.6) is 0 Å². The van der Waals surface area contributed by atoms with Gasteiger partial charge in [0.2, 0.25) is 5.95 Å². The summed E-state index contributed by atoms with van der Waals surface area (Å²) in [5.74, 6) is -0.641. The van der Waals surface area contributed by atoms with E-state index in [-0.39, 0.29) is 47.7 Å². The summed E-state index contributed by atoms with van der Waals surface area (Å²) in [6.07, 6.45) is -10.8. The van der Waals surface area contributed by atoms with Gasteiger partial charge in [0.25, 0.3) is 5.56 Å². The fourth-order valence-electron chi connectivity index (χ4n) is 6.22. The minimum Gasteiger partial charge on any atom is -0.387 e. The van der Waals surface area contributed by atoms with Gasteiger partial charge in [-0.2, -0.15) is 18.6 Å². The van der Waals surface area contributed by atoms with E-state index in [2.05, 4.69) is 33.1 Å². The van der Waals surface area contributed by atoms with Crippen molar-refractivity contribution in [3.63, 3.8) is 0 Å². The molecule has 5 heterocycles. The summed E-state index contributed by atoms with van der Waals surface area (Å²) in [6.45, 7) is 1.21. The predicted octanol–water partition coefficient (Wildman–Crippen LogP) is -3.40. The summed E-state index contributed by atoms with van der Waals surface area (Å²) >= 11 is 0. The molecule has 31 heteroatoms. The van der Waals surface area contributed by atoms with Crippen LogP contribution in [0.4, 0.5) is 5.95 Å². The summed E-state index contributed by atoms with van der Waals surface area (Å²) in [4.78, 5) is 59.6. The van der Waals surface area contributed by atoms with Crippen molar-refractivity contribution in [2.24, 2.45) is 16.5 Å². The fraction of sp³-hybridized carbons (Fsp3) is 0.680. The molecule has 3 aliphatic rings. The molecule has 0 bridgehead atoms. The second-order valence-electron chi connectivity index (χ2n) is 12.9. The Morgan fingerprint density at radius 1 is 1.02 bits per heavy atom. The Hall–Kier alpha value is -3.11. The van der Waals surface area contributed by atoms with Crippen LogP contribution in [0.2, 0.25) is 0 Å². The first-order valence-electron chi connectivity index (χ1n) is 16.3. The van der Waals surface area contributed by atoms with Crippen LogP contribution < -0.4 is 22.8 Å². The van der Waals surface area contributed by atoms with E-state index in [1.165, 1.54) is 18.9 Å². The number of aliphatic imine (C=N–C) groups is 1. The molecular formula is C25H43N10O18P3. The third kappa shape index (κ3) is 9.27. The van der Waals surface area contributed by atoms with Gasteiger partial charge in [0.05, 0.1) is 31.9 Å². The Labute approximate surface area is 315 Å². The number of phosphoric acid groups is 3. The number of H-pyrrole nitrogens is 1. The molecule has 0 saturated carbocycles. The van der Waals surface area contributed by atoms with Gasteiger partial charge in [-0.25, -0.2) is 18.7 Å². The average molecular weight is 865 g/mol. The molecule has 14 N–H and O–H groups in total. The molecule has 0 amide bonds. The average Bonchev–Trinajstić information content (AvgIpc) is 3.80.